The first-order valence-corrected chi connectivity index (χ1v) is 9.92. The lowest BCUT2D eigenvalue weighted by Crippen LogP contribution is -2.57. The predicted octanol–water partition coefficient (Wildman–Crippen LogP) is -0.290. The zero-order chi connectivity index (χ0) is 23.6. The number of carbonyl (C=O) groups excluding carboxylic acids is 4. The molecule has 0 bridgehead atoms. The number of carboxylic acids is 1. The molecule has 1 aromatic carbocycles. The molecule has 0 aromatic heterocycles. The van der Waals surface area contributed by atoms with Crippen molar-refractivity contribution in [2.75, 3.05) is 0 Å². The lowest BCUT2D eigenvalue weighted by Gasteiger charge is -2.24. The summed E-state index contributed by atoms with van der Waals surface area (Å²) in [7, 11) is 0. The Balaban J connectivity index is 2.98. The number of carboxylic acid groups (broad SMARTS) is 1. The van der Waals surface area contributed by atoms with Crippen LogP contribution >= 0.6 is 0 Å². The van der Waals surface area contributed by atoms with Gasteiger partial charge in [0.1, 0.15) is 18.1 Å². The quantitative estimate of drug-likeness (QED) is 0.303. The van der Waals surface area contributed by atoms with Crippen LogP contribution in [0.1, 0.15) is 39.2 Å². The van der Waals surface area contributed by atoms with Crippen molar-refractivity contribution in [1.82, 2.24) is 16.0 Å². The highest BCUT2D eigenvalue weighted by molar-refractivity contribution is 5.95. The predicted molar refractivity (Wildman–Crippen MR) is 113 cm³/mol. The molecule has 0 aliphatic heterocycles. The molecule has 170 valence electrons. The molecule has 0 fully saturated rings. The lowest BCUT2D eigenvalue weighted by molar-refractivity contribution is -0.141. The molecule has 0 aliphatic carbocycles. The second kappa shape index (κ2) is 12.3. The summed E-state index contributed by atoms with van der Waals surface area (Å²) in [5, 5.41) is 16.4. The van der Waals surface area contributed by atoms with E-state index in [4.69, 9.17) is 10.8 Å². The molecular formula is C21H30N4O6. The largest absolute Gasteiger partial charge is 0.481 e. The molecule has 10 heteroatoms. The van der Waals surface area contributed by atoms with Crippen LogP contribution in [0.3, 0.4) is 0 Å². The van der Waals surface area contributed by atoms with Gasteiger partial charge in [-0.05, 0) is 17.9 Å². The third-order valence-corrected chi connectivity index (χ3v) is 4.36. The first-order valence-electron chi connectivity index (χ1n) is 9.92. The van der Waals surface area contributed by atoms with E-state index in [1.54, 1.807) is 30.3 Å². The Morgan fingerprint density at radius 3 is 1.94 bits per heavy atom. The Hall–Kier alpha value is -3.43. The first-order chi connectivity index (χ1) is 14.5. The summed E-state index contributed by atoms with van der Waals surface area (Å²) in [5.74, 6) is -4.07. The third kappa shape index (κ3) is 9.75. The van der Waals surface area contributed by atoms with E-state index < -0.39 is 54.1 Å². The van der Waals surface area contributed by atoms with E-state index in [-0.39, 0.29) is 18.8 Å². The molecule has 0 radical (unpaired) electrons. The van der Waals surface area contributed by atoms with Crippen LogP contribution in [0.4, 0.5) is 0 Å². The van der Waals surface area contributed by atoms with Gasteiger partial charge in [0.2, 0.25) is 23.6 Å². The first kappa shape index (κ1) is 25.6. The average molecular weight is 434 g/mol. The van der Waals surface area contributed by atoms with Gasteiger partial charge in [-0.3, -0.25) is 24.0 Å². The van der Waals surface area contributed by atoms with Crippen LogP contribution < -0.4 is 21.7 Å². The Morgan fingerprint density at radius 2 is 1.45 bits per heavy atom. The van der Waals surface area contributed by atoms with Crippen LogP contribution in [0.25, 0.3) is 0 Å². The standard InChI is InChI=1S/C21H30N4O6/c1-12(2)9-15(19(22)29)24-21(31)17(11-18(27)28)25-20(30)16(23-13(3)26)10-14-7-5-4-6-8-14/h4-8,12,15-17H,9-11H2,1-3H3,(H2,22,29)(H,23,26)(H,24,31)(H,25,30)(H,27,28). The Labute approximate surface area is 180 Å². The zero-order valence-corrected chi connectivity index (χ0v) is 17.9. The van der Waals surface area contributed by atoms with Crippen LogP contribution in [0.5, 0.6) is 0 Å². The Bertz CT molecular complexity index is 796. The number of hydrogen-bond donors (Lipinski definition) is 5. The molecular weight excluding hydrogens is 404 g/mol. The minimum absolute atomic E-state index is 0.0420. The van der Waals surface area contributed by atoms with Gasteiger partial charge in [0.25, 0.3) is 0 Å². The zero-order valence-electron chi connectivity index (χ0n) is 17.9. The molecule has 4 amide bonds. The maximum atomic E-state index is 12.8. The van der Waals surface area contributed by atoms with Gasteiger partial charge in [0.15, 0.2) is 0 Å². The number of carbonyl (C=O) groups is 5. The van der Waals surface area contributed by atoms with E-state index in [0.717, 1.165) is 5.56 Å². The topological polar surface area (TPSA) is 168 Å². The van der Waals surface area contributed by atoms with E-state index in [1.807, 2.05) is 13.8 Å². The van der Waals surface area contributed by atoms with E-state index >= 15 is 0 Å². The molecule has 10 nitrogen and oxygen atoms in total. The average Bonchev–Trinajstić information content (AvgIpc) is 2.66. The SMILES string of the molecule is CC(=O)NC(Cc1ccccc1)C(=O)NC(CC(=O)O)C(=O)NC(CC(C)C)C(N)=O. The van der Waals surface area contributed by atoms with Gasteiger partial charge in [0.05, 0.1) is 6.42 Å². The molecule has 0 saturated heterocycles. The van der Waals surface area contributed by atoms with Gasteiger partial charge >= 0.3 is 5.97 Å². The second-order valence-electron chi connectivity index (χ2n) is 7.69. The number of benzene rings is 1. The van der Waals surface area contributed by atoms with E-state index in [1.165, 1.54) is 6.92 Å². The molecule has 3 unspecified atom stereocenters. The van der Waals surface area contributed by atoms with Gasteiger partial charge in [-0.1, -0.05) is 44.2 Å². The smallest absolute Gasteiger partial charge is 0.305 e. The van der Waals surface area contributed by atoms with Gasteiger partial charge in [-0.15, -0.1) is 0 Å². The molecule has 0 aliphatic rings. The summed E-state index contributed by atoms with van der Waals surface area (Å²) in [6, 6.07) is 5.42. The van der Waals surface area contributed by atoms with Crippen molar-refractivity contribution in [2.24, 2.45) is 11.7 Å². The minimum atomic E-state index is -1.45. The number of nitrogens with two attached hydrogens (primary N) is 1. The van der Waals surface area contributed by atoms with Gasteiger partial charge in [-0.2, -0.15) is 0 Å². The molecule has 6 N–H and O–H groups in total. The lowest BCUT2D eigenvalue weighted by atomic mass is 10.0. The van der Waals surface area contributed by atoms with Crippen LogP contribution in [0.15, 0.2) is 30.3 Å². The number of primary amides is 1. The summed E-state index contributed by atoms with van der Waals surface area (Å²) in [6.07, 6.45) is -0.300. The maximum absolute atomic E-state index is 12.8. The van der Waals surface area contributed by atoms with E-state index in [9.17, 15) is 24.0 Å². The third-order valence-electron chi connectivity index (χ3n) is 4.36. The van der Waals surface area contributed by atoms with Gasteiger partial charge in [0, 0.05) is 13.3 Å². The van der Waals surface area contributed by atoms with Crippen molar-refractivity contribution in [3.8, 4) is 0 Å². The minimum Gasteiger partial charge on any atom is -0.481 e. The summed E-state index contributed by atoms with van der Waals surface area (Å²) in [4.78, 5) is 59.8. The fraction of sp³-hybridized carbons (Fsp3) is 0.476. The summed E-state index contributed by atoms with van der Waals surface area (Å²) >= 11 is 0. The number of hydrogen-bond acceptors (Lipinski definition) is 5. The number of amides is 4. The fourth-order valence-electron chi connectivity index (χ4n) is 2.95. The number of aliphatic carboxylic acids is 1. The van der Waals surface area contributed by atoms with Gasteiger partial charge in [-0.25, -0.2) is 0 Å². The van der Waals surface area contributed by atoms with Crippen molar-refractivity contribution < 1.29 is 29.1 Å². The van der Waals surface area contributed by atoms with Crippen molar-refractivity contribution in [1.29, 1.82) is 0 Å². The summed E-state index contributed by atoms with van der Waals surface area (Å²) < 4.78 is 0. The van der Waals surface area contributed by atoms with Gasteiger partial charge < -0.3 is 26.8 Å². The fourth-order valence-corrected chi connectivity index (χ4v) is 2.95. The highest BCUT2D eigenvalue weighted by atomic mass is 16.4. The molecule has 1 rings (SSSR count). The second-order valence-corrected chi connectivity index (χ2v) is 7.69. The van der Waals surface area contributed by atoms with Crippen LogP contribution in [-0.4, -0.2) is 52.8 Å². The van der Waals surface area contributed by atoms with E-state index in [0.29, 0.717) is 0 Å². The highest BCUT2D eigenvalue weighted by Gasteiger charge is 2.30. The maximum Gasteiger partial charge on any atom is 0.305 e. The van der Waals surface area contributed by atoms with Crippen molar-refractivity contribution in [3.63, 3.8) is 0 Å². The number of nitrogens with one attached hydrogen (secondary N) is 3. The van der Waals surface area contributed by atoms with Crippen LogP contribution in [-0.2, 0) is 30.4 Å². The summed E-state index contributed by atoms with van der Waals surface area (Å²) in [5.41, 5.74) is 6.09. The molecule has 1 aromatic rings. The van der Waals surface area contributed by atoms with Crippen molar-refractivity contribution in [2.45, 2.75) is 58.2 Å². The Morgan fingerprint density at radius 1 is 0.903 bits per heavy atom. The molecule has 0 saturated carbocycles. The van der Waals surface area contributed by atoms with Crippen LogP contribution in [0, 0.1) is 5.92 Å². The van der Waals surface area contributed by atoms with Crippen molar-refractivity contribution in [3.05, 3.63) is 35.9 Å². The molecule has 0 spiro atoms. The monoisotopic (exact) mass is 434 g/mol. The highest BCUT2D eigenvalue weighted by Crippen LogP contribution is 2.07. The normalized spacial score (nSPS) is 13.5. The number of rotatable bonds is 12. The molecule has 3 atom stereocenters. The molecule has 31 heavy (non-hydrogen) atoms. The van der Waals surface area contributed by atoms with E-state index in [2.05, 4.69) is 16.0 Å². The summed E-state index contributed by atoms with van der Waals surface area (Å²) in [6.45, 7) is 4.91. The van der Waals surface area contributed by atoms with Crippen LogP contribution in [0.2, 0.25) is 0 Å². The molecule has 0 heterocycles. The van der Waals surface area contributed by atoms with Crippen molar-refractivity contribution >= 4 is 29.6 Å². The Kier molecular flexibility index (Phi) is 10.2.